The van der Waals surface area contributed by atoms with E-state index >= 15 is 0 Å². The Bertz CT molecular complexity index is 424. The van der Waals surface area contributed by atoms with Gasteiger partial charge in [0.2, 0.25) is 5.91 Å². The molecule has 1 fully saturated rings. The van der Waals surface area contributed by atoms with Gasteiger partial charge in [0.05, 0.1) is 6.04 Å². The summed E-state index contributed by atoms with van der Waals surface area (Å²) >= 11 is 0. The van der Waals surface area contributed by atoms with Crippen LogP contribution in [0, 0.1) is 5.41 Å². The highest BCUT2D eigenvalue weighted by atomic mass is 16.1. The highest BCUT2D eigenvalue weighted by molar-refractivity contribution is 5.77. The van der Waals surface area contributed by atoms with E-state index in [0.29, 0.717) is 13.0 Å². The van der Waals surface area contributed by atoms with E-state index < -0.39 is 0 Å². The van der Waals surface area contributed by atoms with E-state index in [1.807, 2.05) is 37.3 Å². The van der Waals surface area contributed by atoms with E-state index in [-0.39, 0.29) is 17.4 Å². The maximum Gasteiger partial charge on any atom is 0.221 e. The van der Waals surface area contributed by atoms with Gasteiger partial charge in [0.15, 0.2) is 0 Å². The van der Waals surface area contributed by atoms with Crippen molar-refractivity contribution in [3.63, 3.8) is 0 Å². The van der Waals surface area contributed by atoms with Crippen LogP contribution in [0.25, 0.3) is 0 Å². The van der Waals surface area contributed by atoms with Gasteiger partial charge < -0.3 is 11.1 Å². The van der Waals surface area contributed by atoms with Gasteiger partial charge in [-0.05, 0) is 37.3 Å². The van der Waals surface area contributed by atoms with Gasteiger partial charge in [-0.1, -0.05) is 49.6 Å². The van der Waals surface area contributed by atoms with Crippen LogP contribution in [0.5, 0.6) is 0 Å². The first-order valence-electron chi connectivity index (χ1n) is 7.70. The minimum atomic E-state index is 0.0404. The van der Waals surface area contributed by atoms with Crippen LogP contribution in [-0.2, 0) is 4.79 Å². The molecule has 0 aromatic heterocycles. The molecule has 1 aliphatic rings. The van der Waals surface area contributed by atoms with E-state index in [9.17, 15) is 4.79 Å². The molecule has 0 heterocycles. The highest BCUT2D eigenvalue weighted by Crippen LogP contribution is 2.38. The molecule has 1 aromatic carbocycles. The number of hydrogen-bond donors (Lipinski definition) is 2. The second-order valence-corrected chi connectivity index (χ2v) is 6.14. The van der Waals surface area contributed by atoms with Crippen molar-refractivity contribution in [2.45, 2.75) is 51.5 Å². The fraction of sp³-hybridized carbons (Fsp3) is 0.588. The average Bonchev–Trinajstić information content (AvgIpc) is 2.49. The van der Waals surface area contributed by atoms with Gasteiger partial charge in [-0.2, -0.15) is 0 Å². The van der Waals surface area contributed by atoms with Gasteiger partial charge in [-0.15, -0.1) is 0 Å². The van der Waals surface area contributed by atoms with Crippen LogP contribution in [0.1, 0.15) is 57.1 Å². The minimum absolute atomic E-state index is 0.0404. The molecule has 0 spiro atoms. The number of nitrogens with one attached hydrogen (secondary N) is 1. The molecule has 1 aromatic rings. The largest absolute Gasteiger partial charge is 0.350 e. The molecular weight excluding hydrogens is 248 g/mol. The molecule has 0 saturated heterocycles. The molecule has 3 nitrogen and oxygen atoms in total. The first-order valence-corrected chi connectivity index (χ1v) is 7.70. The van der Waals surface area contributed by atoms with Crippen LogP contribution in [0.3, 0.4) is 0 Å². The second kappa shape index (κ2) is 6.89. The molecule has 1 aliphatic carbocycles. The molecule has 0 radical (unpaired) electrons. The van der Waals surface area contributed by atoms with Crippen molar-refractivity contribution < 1.29 is 4.79 Å². The lowest BCUT2D eigenvalue weighted by Gasteiger charge is -2.36. The Kier molecular flexibility index (Phi) is 5.18. The van der Waals surface area contributed by atoms with Gasteiger partial charge in [0.1, 0.15) is 0 Å². The predicted molar refractivity (Wildman–Crippen MR) is 82.2 cm³/mol. The molecule has 110 valence electrons. The van der Waals surface area contributed by atoms with Crippen molar-refractivity contribution in [3.05, 3.63) is 35.9 Å². The third-order valence-corrected chi connectivity index (χ3v) is 4.56. The van der Waals surface area contributed by atoms with Crippen LogP contribution in [-0.4, -0.2) is 12.5 Å². The van der Waals surface area contributed by atoms with Gasteiger partial charge in [-0.3, -0.25) is 4.79 Å². The maximum atomic E-state index is 12.3. The SMILES string of the molecule is C[C@@H](NC(=O)CC1(CN)CCCCC1)c1ccccc1. The lowest BCUT2D eigenvalue weighted by molar-refractivity contribution is -0.124. The summed E-state index contributed by atoms with van der Waals surface area (Å²) in [6.45, 7) is 2.66. The molecule has 3 heteroatoms. The second-order valence-electron chi connectivity index (χ2n) is 6.14. The molecule has 3 N–H and O–H groups in total. The van der Waals surface area contributed by atoms with Crippen LogP contribution < -0.4 is 11.1 Å². The van der Waals surface area contributed by atoms with E-state index in [2.05, 4.69) is 5.32 Å². The smallest absolute Gasteiger partial charge is 0.221 e. The fourth-order valence-electron chi connectivity index (χ4n) is 3.21. The number of rotatable bonds is 5. The zero-order valence-corrected chi connectivity index (χ0v) is 12.4. The molecule has 1 atom stereocenters. The summed E-state index contributed by atoms with van der Waals surface area (Å²) in [7, 11) is 0. The number of benzene rings is 1. The zero-order chi connectivity index (χ0) is 14.4. The standard InChI is InChI=1S/C17H26N2O/c1-14(15-8-4-2-5-9-15)19-16(20)12-17(13-18)10-6-3-7-11-17/h2,4-5,8-9,14H,3,6-7,10-13,18H2,1H3,(H,19,20)/t14-/m1/s1. The summed E-state index contributed by atoms with van der Waals surface area (Å²) in [6, 6.07) is 10.1. The molecule has 0 bridgehead atoms. The highest BCUT2D eigenvalue weighted by Gasteiger charge is 2.33. The number of hydrogen-bond acceptors (Lipinski definition) is 2. The average molecular weight is 274 g/mol. The van der Waals surface area contributed by atoms with Crippen molar-refractivity contribution in [1.82, 2.24) is 5.32 Å². The van der Waals surface area contributed by atoms with Crippen LogP contribution in [0.4, 0.5) is 0 Å². The van der Waals surface area contributed by atoms with Crippen LogP contribution >= 0.6 is 0 Å². The topological polar surface area (TPSA) is 55.1 Å². The van der Waals surface area contributed by atoms with Crippen molar-refractivity contribution in [2.75, 3.05) is 6.54 Å². The van der Waals surface area contributed by atoms with Crippen molar-refractivity contribution in [2.24, 2.45) is 11.1 Å². The Morgan fingerprint density at radius 1 is 1.25 bits per heavy atom. The maximum absolute atomic E-state index is 12.3. The third kappa shape index (κ3) is 3.83. The molecule has 20 heavy (non-hydrogen) atoms. The Hall–Kier alpha value is -1.35. The molecule has 0 unspecified atom stereocenters. The summed E-state index contributed by atoms with van der Waals surface area (Å²) in [5.74, 6) is 0.133. The third-order valence-electron chi connectivity index (χ3n) is 4.56. The molecule has 1 saturated carbocycles. The number of carbonyl (C=O) groups is 1. The van der Waals surface area contributed by atoms with E-state index in [0.717, 1.165) is 18.4 Å². The summed E-state index contributed by atoms with van der Waals surface area (Å²) in [4.78, 5) is 12.3. The summed E-state index contributed by atoms with van der Waals surface area (Å²) in [6.07, 6.45) is 6.45. The molecule has 2 rings (SSSR count). The Morgan fingerprint density at radius 3 is 2.50 bits per heavy atom. The monoisotopic (exact) mass is 274 g/mol. The Balaban J connectivity index is 1.91. The van der Waals surface area contributed by atoms with Gasteiger partial charge in [-0.25, -0.2) is 0 Å². The predicted octanol–water partition coefficient (Wildman–Crippen LogP) is 3.16. The van der Waals surface area contributed by atoms with Crippen molar-refractivity contribution >= 4 is 5.91 Å². The van der Waals surface area contributed by atoms with Crippen molar-refractivity contribution in [1.29, 1.82) is 0 Å². The fourth-order valence-corrected chi connectivity index (χ4v) is 3.21. The van der Waals surface area contributed by atoms with E-state index in [1.165, 1.54) is 19.3 Å². The molecule has 1 amide bonds. The molecule has 0 aliphatic heterocycles. The van der Waals surface area contributed by atoms with Crippen LogP contribution in [0.2, 0.25) is 0 Å². The van der Waals surface area contributed by atoms with Crippen molar-refractivity contribution in [3.8, 4) is 0 Å². The lowest BCUT2D eigenvalue weighted by Crippen LogP contribution is -2.39. The summed E-state index contributed by atoms with van der Waals surface area (Å²) in [5.41, 5.74) is 7.13. The van der Waals surface area contributed by atoms with E-state index in [1.54, 1.807) is 0 Å². The van der Waals surface area contributed by atoms with Crippen LogP contribution in [0.15, 0.2) is 30.3 Å². The van der Waals surface area contributed by atoms with Gasteiger partial charge in [0.25, 0.3) is 0 Å². The number of carbonyl (C=O) groups excluding carboxylic acids is 1. The number of amides is 1. The Labute approximate surface area is 121 Å². The van der Waals surface area contributed by atoms with Gasteiger partial charge in [0, 0.05) is 6.42 Å². The minimum Gasteiger partial charge on any atom is -0.350 e. The van der Waals surface area contributed by atoms with E-state index in [4.69, 9.17) is 5.73 Å². The molecular formula is C17H26N2O. The normalized spacial score (nSPS) is 19.3. The summed E-state index contributed by atoms with van der Waals surface area (Å²) in [5, 5.41) is 3.11. The number of nitrogens with two attached hydrogens (primary N) is 1. The first-order chi connectivity index (χ1) is 9.65. The summed E-state index contributed by atoms with van der Waals surface area (Å²) < 4.78 is 0. The quantitative estimate of drug-likeness (QED) is 0.866. The Morgan fingerprint density at radius 2 is 1.90 bits per heavy atom. The zero-order valence-electron chi connectivity index (χ0n) is 12.4. The lowest BCUT2D eigenvalue weighted by atomic mass is 9.71. The van der Waals surface area contributed by atoms with Gasteiger partial charge >= 0.3 is 0 Å². The first kappa shape index (κ1) is 15.0.